The zero-order valence-corrected chi connectivity index (χ0v) is 18.8. The van der Waals surface area contributed by atoms with E-state index < -0.39 is 0 Å². The maximum absolute atomic E-state index is 12.5. The van der Waals surface area contributed by atoms with Gasteiger partial charge in [-0.15, -0.1) is 0 Å². The van der Waals surface area contributed by atoms with Gasteiger partial charge in [0.15, 0.2) is 5.78 Å². The van der Waals surface area contributed by atoms with Gasteiger partial charge in [-0.05, 0) is 49.2 Å². The Balaban J connectivity index is 1.23. The van der Waals surface area contributed by atoms with E-state index in [1.807, 2.05) is 42.5 Å². The van der Waals surface area contributed by atoms with Crippen molar-refractivity contribution in [2.75, 3.05) is 37.4 Å². The summed E-state index contributed by atoms with van der Waals surface area (Å²) < 4.78 is 5.28. The van der Waals surface area contributed by atoms with Gasteiger partial charge in [0.25, 0.3) is 0 Å². The maximum atomic E-state index is 12.5. The van der Waals surface area contributed by atoms with E-state index in [0.717, 1.165) is 37.4 Å². The number of hydrogen-bond donors (Lipinski definition) is 2. The molecule has 2 N–H and O–H groups in total. The molecule has 0 saturated carbocycles. The normalized spacial score (nSPS) is 14.5. The fourth-order valence-electron chi connectivity index (χ4n) is 4.05. The van der Waals surface area contributed by atoms with E-state index in [4.69, 9.17) is 4.74 Å². The Labute approximate surface area is 194 Å². The van der Waals surface area contributed by atoms with Crippen LogP contribution in [0.3, 0.4) is 0 Å². The number of carbonyl (C=O) groups is 2. The van der Waals surface area contributed by atoms with Crippen molar-refractivity contribution in [3.05, 3.63) is 90.0 Å². The first-order valence-corrected chi connectivity index (χ1v) is 11.2. The Kier molecular flexibility index (Phi) is 7.37. The molecule has 1 aliphatic heterocycles. The molecule has 1 amide bonds. The van der Waals surface area contributed by atoms with Crippen LogP contribution in [0.5, 0.6) is 5.75 Å². The van der Waals surface area contributed by atoms with Gasteiger partial charge in [-0.1, -0.05) is 36.4 Å². The minimum atomic E-state index is -0.0451. The van der Waals surface area contributed by atoms with Gasteiger partial charge in [0.2, 0.25) is 5.91 Å². The van der Waals surface area contributed by atoms with E-state index in [1.54, 1.807) is 43.5 Å². The van der Waals surface area contributed by atoms with Gasteiger partial charge in [-0.2, -0.15) is 0 Å². The van der Waals surface area contributed by atoms with Crippen molar-refractivity contribution in [1.29, 1.82) is 0 Å². The molecular formula is C27H29N3O3. The second kappa shape index (κ2) is 10.8. The molecule has 3 aromatic carbocycles. The standard InChI is InChI=1S/C27H29N3O3/c1-33-25-9-5-8-24(18-25)28-23-14-16-30(17-15-23)19-26(31)29-22-12-10-21(11-13-22)27(32)20-6-3-2-4-7-20/h2-13,18,23,28H,14-17,19H2,1H3,(H,29,31). The van der Waals surface area contributed by atoms with Gasteiger partial charge in [-0.3, -0.25) is 14.5 Å². The molecule has 1 fully saturated rings. The Morgan fingerprint density at radius 2 is 1.58 bits per heavy atom. The quantitative estimate of drug-likeness (QED) is 0.504. The molecule has 0 aliphatic carbocycles. The SMILES string of the molecule is COc1cccc(NC2CCN(CC(=O)Nc3ccc(C(=O)c4ccccc4)cc3)CC2)c1. The zero-order valence-electron chi connectivity index (χ0n) is 18.8. The summed E-state index contributed by atoms with van der Waals surface area (Å²) in [5.41, 5.74) is 3.00. The molecular weight excluding hydrogens is 414 g/mol. The van der Waals surface area contributed by atoms with E-state index in [2.05, 4.69) is 15.5 Å². The number of nitrogens with zero attached hydrogens (tertiary/aromatic N) is 1. The first kappa shape index (κ1) is 22.6. The number of methoxy groups -OCH3 is 1. The van der Waals surface area contributed by atoms with E-state index in [-0.39, 0.29) is 11.7 Å². The second-order valence-electron chi connectivity index (χ2n) is 8.25. The summed E-state index contributed by atoms with van der Waals surface area (Å²) in [6.07, 6.45) is 1.95. The molecule has 3 aromatic rings. The van der Waals surface area contributed by atoms with Crippen LogP contribution >= 0.6 is 0 Å². The van der Waals surface area contributed by atoms with Crippen LogP contribution in [0.4, 0.5) is 11.4 Å². The maximum Gasteiger partial charge on any atom is 0.238 e. The molecule has 1 heterocycles. The van der Waals surface area contributed by atoms with E-state index >= 15 is 0 Å². The number of likely N-dealkylation sites (tertiary alicyclic amines) is 1. The summed E-state index contributed by atoms with van der Waals surface area (Å²) >= 11 is 0. The Morgan fingerprint density at radius 1 is 0.879 bits per heavy atom. The van der Waals surface area contributed by atoms with Crippen molar-refractivity contribution in [2.24, 2.45) is 0 Å². The lowest BCUT2D eigenvalue weighted by Crippen LogP contribution is -2.42. The number of amides is 1. The number of piperidine rings is 1. The van der Waals surface area contributed by atoms with Gasteiger partial charge in [0.05, 0.1) is 13.7 Å². The topological polar surface area (TPSA) is 70.7 Å². The summed E-state index contributed by atoms with van der Waals surface area (Å²) in [6.45, 7) is 2.08. The predicted molar refractivity (Wildman–Crippen MR) is 131 cm³/mol. The molecule has 0 radical (unpaired) electrons. The smallest absolute Gasteiger partial charge is 0.238 e. The number of nitrogens with one attached hydrogen (secondary N) is 2. The first-order chi connectivity index (χ1) is 16.1. The van der Waals surface area contributed by atoms with Crippen LogP contribution in [-0.4, -0.2) is 49.4 Å². The largest absolute Gasteiger partial charge is 0.497 e. The summed E-state index contributed by atoms with van der Waals surface area (Å²) in [7, 11) is 1.67. The lowest BCUT2D eigenvalue weighted by molar-refractivity contribution is -0.117. The van der Waals surface area contributed by atoms with Crippen molar-refractivity contribution < 1.29 is 14.3 Å². The van der Waals surface area contributed by atoms with Crippen molar-refractivity contribution in [3.63, 3.8) is 0 Å². The van der Waals surface area contributed by atoms with Crippen molar-refractivity contribution in [1.82, 2.24) is 4.90 Å². The molecule has 0 bridgehead atoms. The molecule has 170 valence electrons. The highest BCUT2D eigenvalue weighted by Gasteiger charge is 2.21. The van der Waals surface area contributed by atoms with Crippen LogP contribution in [0, 0.1) is 0 Å². The third kappa shape index (κ3) is 6.20. The molecule has 6 heteroatoms. The van der Waals surface area contributed by atoms with Gasteiger partial charge in [0.1, 0.15) is 5.75 Å². The molecule has 6 nitrogen and oxygen atoms in total. The van der Waals surface area contributed by atoms with E-state index in [1.165, 1.54) is 0 Å². The first-order valence-electron chi connectivity index (χ1n) is 11.2. The molecule has 0 unspecified atom stereocenters. The van der Waals surface area contributed by atoms with Crippen molar-refractivity contribution in [2.45, 2.75) is 18.9 Å². The molecule has 0 aromatic heterocycles. The number of anilines is 2. The highest BCUT2D eigenvalue weighted by Crippen LogP contribution is 2.21. The molecule has 0 atom stereocenters. The lowest BCUT2D eigenvalue weighted by Gasteiger charge is -2.32. The minimum Gasteiger partial charge on any atom is -0.497 e. The van der Waals surface area contributed by atoms with Crippen LogP contribution < -0.4 is 15.4 Å². The minimum absolute atomic E-state index is 0.0288. The third-order valence-corrected chi connectivity index (χ3v) is 5.86. The Bertz CT molecular complexity index is 1080. The molecule has 1 saturated heterocycles. The molecule has 33 heavy (non-hydrogen) atoms. The highest BCUT2D eigenvalue weighted by molar-refractivity contribution is 6.09. The third-order valence-electron chi connectivity index (χ3n) is 5.86. The zero-order chi connectivity index (χ0) is 23.0. The van der Waals surface area contributed by atoms with Crippen LogP contribution in [0.15, 0.2) is 78.9 Å². The van der Waals surface area contributed by atoms with Gasteiger partial charge >= 0.3 is 0 Å². The van der Waals surface area contributed by atoms with Gasteiger partial charge in [-0.25, -0.2) is 0 Å². The van der Waals surface area contributed by atoms with Crippen molar-refractivity contribution in [3.8, 4) is 5.75 Å². The summed E-state index contributed by atoms with van der Waals surface area (Å²) in [6, 6.07) is 24.6. The predicted octanol–water partition coefficient (Wildman–Crippen LogP) is 4.44. The lowest BCUT2D eigenvalue weighted by atomic mass is 10.0. The van der Waals surface area contributed by atoms with Crippen LogP contribution in [0.1, 0.15) is 28.8 Å². The monoisotopic (exact) mass is 443 g/mol. The van der Waals surface area contributed by atoms with Gasteiger partial charge in [0, 0.05) is 47.7 Å². The fraction of sp³-hybridized carbons (Fsp3) is 0.259. The van der Waals surface area contributed by atoms with E-state index in [9.17, 15) is 9.59 Å². The molecule has 4 rings (SSSR count). The van der Waals surface area contributed by atoms with Crippen molar-refractivity contribution >= 4 is 23.1 Å². The van der Waals surface area contributed by atoms with Crippen LogP contribution in [-0.2, 0) is 4.79 Å². The number of ketones is 1. The Morgan fingerprint density at radius 3 is 2.27 bits per heavy atom. The number of rotatable bonds is 8. The summed E-state index contributed by atoms with van der Waals surface area (Å²) in [5.74, 6) is 0.766. The second-order valence-corrected chi connectivity index (χ2v) is 8.25. The summed E-state index contributed by atoms with van der Waals surface area (Å²) in [5, 5.41) is 6.50. The fourth-order valence-corrected chi connectivity index (χ4v) is 4.05. The van der Waals surface area contributed by atoms with Gasteiger partial charge < -0.3 is 15.4 Å². The average molecular weight is 444 g/mol. The number of benzene rings is 3. The van der Waals surface area contributed by atoms with Crippen LogP contribution in [0.2, 0.25) is 0 Å². The molecule has 0 spiro atoms. The number of hydrogen-bond acceptors (Lipinski definition) is 5. The Hall–Kier alpha value is -3.64. The number of carbonyl (C=O) groups excluding carboxylic acids is 2. The highest BCUT2D eigenvalue weighted by atomic mass is 16.5. The number of ether oxygens (including phenoxy) is 1. The van der Waals surface area contributed by atoms with E-state index in [0.29, 0.717) is 29.4 Å². The average Bonchev–Trinajstić information content (AvgIpc) is 2.86. The summed E-state index contributed by atoms with van der Waals surface area (Å²) in [4.78, 5) is 27.2. The molecule has 1 aliphatic rings. The van der Waals surface area contributed by atoms with Crippen LogP contribution in [0.25, 0.3) is 0 Å².